The Hall–Kier alpha value is -7.36. The molecule has 4 heterocycles. The van der Waals surface area contributed by atoms with E-state index in [4.69, 9.17) is 0 Å². The second-order valence-electron chi connectivity index (χ2n) is 14.9. The molecule has 4 aromatic heterocycles. The maximum atomic E-state index is 2.47. The summed E-state index contributed by atoms with van der Waals surface area (Å²) in [4.78, 5) is 0. The first-order valence-electron chi connectivity index (χ1n) is 19.0. The number of fused-ring (bicyclic) bond motifs is 13. The van der Waals surface area contributed by atoms with E-state index in [1.807, 2.05) is 0 Å². The molecule has 254 valence electrons. The van der Waals surface area contributed by atoms with E-state index in [2.05, 4.69) is 202 Å². The topological polar surface area (TPSA) is 14.3 Å². The number of nitrogens with zero attached hydrogens (tertiary/aromatic N) is 3. The van der Waals surface area contributed by atoms with E-state index in [9.17, 15) is 0 Å². The number of para-hydroxylation sites is 4. The third-order valence-corrected chi connectivity index (χ3v) is 12.2. The average molecular weight is 698 g/mol. The maximum absolute atomic E-state index is 2.47. The highest BCUT2D eigenvalue weighted by molar-refractivity contribution is 6.23. The second-order valence-corrected chi connectivity index (χ2v) is 14.9. The second kappa shape index (κ2) is 10.6. The molecule has 0 bridgehead atoms. The summed E-state index contributed by atoms with van der Waals surface area (Å²) in [5.74, 6) is 0. The molecule has 13 aromatic rings. The molecule has 0 amide bonds. The average Bonchev–Trinajstić information content (AvgIpc) is 3.97. The van der Waals surface area contributed by atoms with E-state index in [0.717, 1.165) is 0 Å². The van der Waals surface area contributed by atoms with Crippen molar-refractivity contribution in [1.29, 1.82) is 0 Å². The zero-order valence-corrected chi connectivity index (χ0v) is 29.7. The molecule has 3 nitrogen and oxygen atoms in total. The first kappa shape index (κ1) is 29.1. The Morgan fingerprint density at radius 2 is 0.764 bits per heavy atom. The van der Waals surface area contributed by atoms with Gasteiger partial charge < -0.3 is 13.5 Å². The van der Waals surface area contributed by atoms with Gasteiger partial charge in [0, 0.05) is 54.2 Å². The SMILES string of the molecule is c1ccc2c(-n3c4ccccc4c4cc(-c5ccc6c(c5)c5ccccc5n6-c5ccc6c7cccc8c9ccccc9n(c6c5)c87)ccc43)cccc2c1. The number of hydrogen-bond donors (Lipinski definition) is 0. The van der Waals surface area contributed by atoms with Gasteiger partial charge in [0.15, 0.2) is 0 Å². The minimum atomic E-state index is 1.17. The summed E-state index contributed by atoms with van der Waals surface area (Å²) in [6.07, 6.45) is 0. The molecule has 0 spiro atoms. The highest BCUT2D eigenvalue weighted by Crippen LogP contribution is 2.42. The van der Waals surface area contributed by atoms with Gasteiger partial charge in [-0.05, 0) is 77.2 Å². The first-order chi connectivity index (χ1) is 27.3. The Morgan fingerprint density at radius 3 is 1.47 bits per heavy atom. The van der Waals surface area contributed by atoms with Crippen LogP contribution in [0.25, 0.3) is 115 Å². The molecular weight excluding hydrogens is 667 g/mol. The van der Waals surface area contributed by atoms with Gasteiger partial charge >= 0.3 is 0 Å². The van der Waals surface area contributed by atoms with Gasteiger partial charge in [-0.25, -0.2) is 0 Å². The molecule has 55 heavy (non-hydrogen) atoms. The molecule has 13 rings (SSSR count). The fraction of sp³-hybridized carbons (Fsp3) is 0. The van der Waals surface area contributed by atoms with Crippen molar-refractivity contribution in [3.8, 4) is 22.5 Å². The fourth-order valence-electron chi connectivity index (χ4n) is 9.80. The van der Waals surface area contributed by atoms with Gasteiger partial charge in [-0.3, -0.25) is 0 Å². The molecule has 0 N–H and O–H groups in total. The van der Waals surface area contributed by atoms with Crippen LogP contribution in [0.4, 0.5) is 0 Å². The van der Waals surface area contributed by atoms with Crippen LogP contribution in [-0.2, 0) is 0 Å². The fourth-order valence-corrected chi connectivity index (χ4v) is 9.80. The van der Waals surface area contributed by atoms with Gasteiger partial charge in [-0.2, -0.15) is 0 Å². The van der Waals surface area contributed by atoms with Crippen LogP contribution in [-0.4, -0.2) is 13.5 Å². The summed E-state index contributed by atoms with van der Waals surface area (Å²) in [7, 11) is 0. The Kier molecular flexibility index (Phi) is 5.63. The highest BCUT2D eigenvalue weighted by atomic mass is 15.0. The third-order valence-electron chi connectivity index (χ3n) is 12.2. The van der Waals surface area contributed by atoms with Gasteiger partial charge in [0.1, 0.15) is 0 Å². The van der Waals surface area contributed by atoms with Crippen LogP contribution in [0.5, 0.6) is 0 Å². The van der Waals surface area contributed by atoms with E-state index in [-0.39, 0.29) is 0 Å². The number of rotatable bonds is 3. The molecule has 0 fully saturated rings. The molecule has 0 radical (unpaired) electrons. The highest BCUT2D eigenvalue weighted by Gasteiger charge is 2.20. The van der Waals surface area contributed by atoms with Crippen molar-refractivity contribution in [2.24, 2.45) is 0 Å². The predicted molar refractivity (Wildman–Crippen MR) is 233 cm³/mol. The van der Waals surface area contributed by atoms with Crippen molar-refractivity contribution in [2.45, 2.75) is 0 Å². The molecule has 0 aliphatic heterocycles. The van der Waals surface area contributed by atoms with Crippen LogP contribution in [0.15, 0.2) is 188 Å². The Labute approximate surface area is 315 Å². The predicted octanol–water partition coefficient (Wildman–Crippen LogP) is 13.9. The minimum absolute atomic E-state index is 1.17. The van der Waals surface area contributed by atoms with E-state index in [1.54, 1.807) is 0 Å². The first-order valence-corrected chi connectivity index (χ1v) is 19.0. The molecule has 0 saturated carbocycles. The normalized spacial score (nSPS) is 12.4. The lowest BCUT2D eigenvalue weighted by Gasteiger charge is -2.12. The van der Waals surface area contributed by atoms with Crippen molar-refractivity contribution < 1.29 is 0 Å². The molecular formula is C52H31N3. The van der Waals surface area contributed by atoms with Crippen LogP contribution in [0.3, 0.4) is 0 Å². The van der Waals surface area contributed by atoms with Gasteiger partial charge in [-0.1, -0.05) is 127 Å². The number of benzene rings is 9. The number of hydrogen-bond acceptors (Lipinski definition) is 0. The van der Waals surface area contributed by atoms with Gasteiger partial charge in [-0.15, -0.1) is 0 Å². The molecule has 0 aliphatic rings. The van der Waals surface area contributed by atoms with Gasteiger partial charge in [0.2, 0.25) is 0 Å². The Morgan fingerprint density at radius 1 is 0.273 bits per heavy atom. The zero-order valence-electron chi connectivity index (χ0n) is 29.7. The standard InChI is InChI=1S/C52H31N3/c1-2-13-36-32(11-1)12-9-22-45(36)54-47-20-7-5-16-39(47)44-30-34(24-28-50(44)54)33-23-27-49-43(29-33)38-15-4-6-19-46(38)53(49)35-25-26-40-42-18-10-17-41-37-14-3-8-21-48(37)55(52(41)42)51(40)31-35/h1-31H. The third kappa shape index (κ3) is 3.84. The summed E-state index contributed by atoms with van der Waals surface area (Å²) in [6.45, 7) is 0. The van der Waals surface area contributed by atoms with Crippen LogP contribution in [0.1, 0.15) is 0 Å². The van der Waals surface area contributed by atoms with Crippen molar-refractivity contribution >= 4 is 92.5 Å². The van der Waals surface area contributed by atoms with Crippen LogP contribution < -0.4 is 0 Å². The smallest absolute Gasteiger partial charge is 0.0620 e. The van der Waals surface area contributed by atoms with E-state index in [1.165, 1.54) is 115 Å². The van der Waals surface area contributed by atoms with Crippen LogP contribution >= 0.6 is 0 Å². The summed E-state index contributed by atoms with van der Waals surface area (Å²) in [5.41, 5.74) is 13.4. The number of aromatic nitrogens is 3. The summed E-state index contributed by atoms with van der Waals surface area (Å²) >= 11 is 0. The molecule has 0 atom stereocenters. The lowest BCUT2D eigenvalue weighted by Crippen LogP contribution is -1.95. The van der Waals surface area contributed by atoms with E-state index in [0.29, 0.717) is 0 Å². The van der Waals surface area contributed by atoms with Crippen molar-refractivity contribution in [3.63, 3.8) is 0 Å². The summed E-state index contributed by atoms with van der Waals surface area (Å²) in [5, 5.41) is 12.7. The monoisotopic (exact) mass is 697 g/mol. The van der Waals surface area contributed by atoms with Crippen LogP contribution in [0, 0.1) is 0 Å². The molecule has 0 unspecified atom stereocenters. The van der Waals surface area contributed by atoms with E-state index < -0.39 is 0 Å². The van der Waals surface area contributed by atoms with Gasteiger partial charge in [0.05, 0.1) is 44.3 Å². The largest absolute Gasteiger partial charge is 0.309 e. The van der Waals surface area contributed by atoms with Gasteiger partial charge in [0.25, 0.3) is 0 Å². The summed E-state index contributed by atoms with van der Waals surface area (Å²) < 4.78 is 7.35. The minimum Gasteiger partial charge on any atom is -0.309 e. The molecule has 0 aliphatic carbocycles. The van der Waals surface area contributed by atoms with E-state index >= 15 is 0 Å². The molecule has 9 aromatic carbocycles. The summed E-state index contributed by atoms with van der Waals surface area (Å²) in [6, 6.07) is 69.5. The lowest BCUT2D eigenvalue weighted by molar-refractivity contribution is 1.18. The lowest BCUT2D eigenvalue weighted by atomic mass is 10.0. The van der Waals surface area contributed by atoms with Crippen molar-refractivity contribution in [3.05, 3.63) is 188 Å². The van der Waals surface area contributed by atoms with Crippen molar-refractivity contribution in [2.75, 3.05) is 0 Å². The molecule has 3 heteroatoms. The Balaban J connectivity index is 1.01. The van der Waals surface area contributed by atoms with Crippen molar-refractivity contribution in [1.82, 2.24) is 13.5 Å². The quantitative estimate of drug-likeness (QED) is 0.175. The van der Waals surface area contributed by atoms with Crippen LogP contribution in [0.2, 0.25) is 0 Å². The maximum Gasteiger partial charge on any atom is 0.0620 e. The molecule has 0 saturated heterocycles. The zero-order chi connectivity index (χ0) is 35.8. The Bertz CT molecular complexity index is 3720.